The van der Waals surface area contributed by atoms with Crippen LogP contribution in [0.15, 0.2) is 17.5 Å². The second-order valence-corrected chi connectivity index (χ2v) is 16.3. The van der Waals surface area contributed by atoms with E-state index in [-0.39, 0.29) is 6.10 Å². The van der Waals surface area contributed by atoms with Gasteiger partial charge in [0, 0.05) is 17.7 Å². The molecule has 0 saturated carbocycles. The van der Waals surface area contributed by atoms with Crippen LogP contribution in [0.2, 0.25) is 31.7 Å². The Kier molecular flexibility index (Phi) is 6.69. The molecule has 0 unspecified atom stereocenters. The molecule has 0 aromatic rings. The molecule has 1 fully saturated rings. The lowest BCUT2D eigenvalue weighted by Gasteiger charge is -2.45. The molecule has 1 heterocycles. The summed E-state index contributed by atoms with van der Waals surface area (Å²) in [5, 5.41) is 1.29. The molecule has 0 N–H and O–H groups in total. The topological polar surface area (TPSA) is 18.5 Å². The van der Waals surface area contributed by atoms with E-state index in [9.17, 15) is 0 Å². The van der Waals surface area contributed by atoms with E-state index >= 15 is 0 Å². The minimum Gasteiger partial charge on any atom is -0.411 e. The van der Waals surface area contributed by atoms with Gasteiger partial charge in [-0.15, -0.1) is 5.73 Å². The molecular weight excluding hydrogens is 292 g/mol. The fourth-order valence-electron chi connectivity index (χ4n) is 3.36. The summed E-state index contributed by atoms with van der Waals surface area (Å²) in [6.45, 7) is 19.8. The molecule has 2 atom stereocenters. The molecule has 4 heteroatoms. The average Bonchev–Trinajstić information content (AvgIpc) is 2.35. The molecule has 1 saturated heterocycles. The summed E-state index contributed by atoms with van der Waals surface area (Å²) in [6, 6.07) is 2.20. The summed E-state index contributed by atoms with van der Waals surface area (Å²) in [7, 11) is -3.49. The molecule has 0 spiro atoms. The maximum Gasteiger partial charge on any atom is 0.230 e. The van der Waals surface area contributed by atoms with Crippen molar-refractivity contribution >= 4 is 16.6 Å². The van der Waals surface area contributed by atoms with Gasteiger partial charge in [0.1, 0.15) is 0 Å². The molecule has 0 amide bonds. The van der Waals surface area contributed by atoms with Crippen LogP contribution in [-0.4, -0.2) is 28.8 Å². The van der Waals surface area contributed by atoms with E-state index in [1.165, 1.54) is 5.20 Å². The number of hydrogen-bond acceptors (Lipinski definition) is 2. The molecule has 0 aromatic carbocycles. The summed E-state index contributed by atoms with van der Waals surface area (Å²) in [4.78, 5) is 0. The summed E-state index contributed by atoms with van der Waals surface area (Å²) in [5.41, 5.74) is 3.24. The number of rotatable bonds is 6. The molecule has 2 nitrogen and oxygen atoms in total. The maximum atomic E-state index is 6.67. The van der Waals surface area contributed by atoms with Crippen molar-refractivity contribution in [1.82, 2.24) is 0 Å². The largest absolute Gasteiger partial charge is 0.411 e. The summed E-state index contributed by atoms with van der Waals surface area (Å²) < 4.78 is 13.2. The molecule has 0 radical (unpaired) electrons. The highest BCUT2D eigenvalue weighted by atomic mass is 28.4. The van der Waals surface area contributed by atoms with E-state index in [1.54, 1.807) is 0 Å². The van der Waals surface area contributed by atoms with Crippen LogP contribution in [0, 0.1) is 5.92 Å². The third-order valence-corrected chi connectivity index (χ3v) is 9.79. The second-order valence-electron chi connectivity index (χ2n) is 7.62. The first-order valence-electron chi connectivity index (χ1n) is 8.43. The Bertz CT molecular complexity index is 388. The van der Waals surface area contributed by atoms with Crippen LogP contribution < -0.4 is 0 Å². The lowest BCUT2D eigenvalue weighted by molar-refractivity contribution is 0.0808. The fraction of sp³-hybridized carbons (Fsp3) is 0.824. The van der Waals surface area contributed by atoms with Gasteiger partial charge in [-0.3, -0.25) is 0 Å². The van der Waals surface area contributed by atoms with Gasteiger partial charge in [0.25, 0.3) is 0 Å². The maximum absolute atomic E-state index is 6.67. The van der Waals surface area contributed by atoms with Gasteiger partial charge in [0.15, 0.2) is 8.32 Å². The second kappa shape index (κ2) is 7.43. The van der Waals surface area contributed by atoms with E-state index in [2.05, 4.69) is 59.6 Å². The summed E-state index contributed by atoms with van der Waals surface area (Å²) in [6.07, 6.45) is 2.65. The van der Waals surface area contributed by atoms with E-state index in [0.29, 0.717) is 12.0 Å². The predicted molar refractivity (Wildman–Crippen MR) is 96.5 cm³/mol. The van der Waals surface area contributed by atoms with Gasteiger partial charge in [-0.2, -0.15) is 0 Å². The highest BCUT2D eigenvalue weighted by molar-refractivity contribution is 6.81. The first-order chi connectivity index (χ1) is 9.67. The zero-order valence-electron chi connectivity index (χ0n) is 15.1. The molecule has 1 aliphatic rings. The third-order valence-electron chi connectivity index (χ3n) is 4.24. The highest BCUT2D eigenvalue weighted by Crippen LogP contribution is 2.39. The Morgan fingerprint density at radius 1 is 1.33 bits per heavy atom. The Hall–Kier alpha value is -0.126. The van der Waals surface area contributed by atoms with Crippen molar-refractivity contribution in [1.29, 1.82) is 0 Å². The third kappa shape index (κ3) is 4.93. The van der Waals surface area contributed by atoms with Crippen LogP contribution in [0.3, 0.4) is 0 Å². The van der Waals surface area contributed by atoms with Gasteiger partial charge in [0.05, 0.1) is 6.10 Å². The van der Waals surface area contributed by atoms with Gasteiger partial charge in [-0.1, -0.05) is 34.3 Å². The zero-order chi connectivity index (χ0) is 16.3. The SMILES string of the molecule is C=C=C1[C@H](O[Si](C)(C)C)C[C@@H](CC(C)C)O[Si]1(CC)CC. The van der Waals surface area contributed by atoms with Crippen molar-refractivity contribution < 1.29 is 8.85 Å². The van der Waals surface area contributed by atoms with Gasteiger partial charge in [0.2, 0.25) is 8.32 Å². The van der Waals surface area contributed by atoms with Crippen molar-refractivity contribution in [2.45, 2.75) is 84.5 Å². The van der Waals surface area contributed by atoms with Crippen molar-refractivity contribution in [2.75, 3.05) is 0 Å². The van der Waals surface area contributed by atoms with Gasteiger partial charge >= 0.3 is 0 Å². The Morgan fingerprint density at radius 3 is 2.29 bits per heavy atom. The van der Waals surface area contributed by atoms with Crippen LogP contribution >= 0.6 is 0 Å². The standard InChI is InChI=1S/C17H34O2Si2/c1-9-17-16(19-20(6,7)8)13-15(12-14(4)5)18-21(17,10-2)11-3/h14-16H,1,10-13H2,2-8H3/t15-,16-/m1/s1. The molecule has 0 aliphatic carbocycles. The van der Waals surface area contributed by atoms with E-state index < -0.39 is 16.6 Å². The van der Waals surface area contributed by atoms with Crippen molar-refractivity contribution in [3.63, 3.8) is 0 Å². The molecule has 0 aromatic heterocycles. The molecule has 1 aliphatic heterocycles. The van der Waals surface area contributed by atoms with Crippen LogP contribution in [-0.2, 0) is 8.85 Å². The smallest absolute Gasteiger partial charge is 0.230 e. The van der Waals surface area contributed by atoms with Crippen LogP contribution in [0.4, 0.5) is 0 Å². The molecule has 1 rings (SSSR count). The van der Waals surface area contributed by atoms with Crippen molar-refractivity contribution in [2.24, 2.45) is 5.92 Å². The molecular formula is C17H34O2Si2. The monoisotopic (exact) mass is 326 g/mol. The normalized spacial score (nSPS) is 26.0. The summed E-state index contributed by atoms with van der Waals surface area (Å²) in [5.74, 6) is 0.664. The Balaban J connectivity index is 3.11. The first-order valence-corrected chi connectivity index (χ1v) is 14.2. The van der Waals surface area contributed by atoms with Crippen molar-refractivity contribution in [3.05, 3.63) is 17.5 Å². The van der Waals surface area contributed by atoms with Crippen LogP contribution in [0.25, 0.3) is 0 Å². The first kappa shape index (κ1) is 18.9. The van der Waals surface area contributed by atoms with Gasteiger partial charge in [-0.25, -0.2) is 0 Å². The minimum absolute atomic E-state index is 0.193. The van der Waals surface area contributed by atoms with Crippen molar-refractivity contribution in [3.8, 4) is 0 Å². The summed E-state index contributed by atoms with van der Waals surface area (Å²) >= 11 is 0. The minimum atomic E-state index is -1.91. The number of hydrogen-bond donors (Lipinski definition) is 0. The lowest BCUT2D eigenvalue weighted by atomic mass is 10.0. The predicted octanol–water partition coefficient (Wildman–Crippen LogP) is 5.28. The molecule has 0 bridgehead atoms. The highest BCUT2D eigenvalue weighted by Gasteiger charge is 2.47. The Morgan fingerprint density at radius 2 is 1.90 bits per heavy atom. The lowest BCUT2D eigenvalue weighted by Crippen LogP contribution is -2.54. The van der Waals surface area contributed by atoms with Gasteiger partial charge < -0.3 is 8.85 Å². The van der Waals surface area contributed by atoms with Crippen LogP contribution in [0.5, 0.6) is 0 Å². The van der Waals surface area contributed by atoms with E-state index in [0.717, 1.165) is 24.9 Å². The average molecular weight is 327 g/mol. The zero-order valence-corrected chi connectivity index (χ0v) is 17.1. The van der Waals surface area contributed by atoms with Gasteiger partial charge in [-0.05, 0) is 44.1 Å². The quantitative estimate of drug-likeness (QED) is 0.488. The van der Waals surface area contributed by atoms with E-state index in [4.69, 9.17) is 8.85 Å². The van der Waals surface area contributed by atoms with Crippen LogP contribution in [0.1, 0.15) is 40.5 Å². The Labute approximate surface area is 133 Å². The molecule has 21 heavy (non-hydrogen) atoms. The van der Waals surface area contributed by atoms with E-state index in [1.807, 2.05) is 0 Å². The molecule has 122 valence electrons. The fourth-order valence-corrected chi connectivity index (χ4v) is 8.18.